The number of fused-ring (bicyclic) bond motifs is 1. The van der Waals surface area contributed by atoms with Crippen LogP contribution in [0.2, 0.25) is 0 Å². The van der Waals surface area contributed by atoms with Crippen molar-refractivity contribution >= 4 is 26.6 Å². The zero-order valence-electron chi connectivity index (χ0n) is 12.4. The highest BCUT2D eigenvalue weighted by molar-refractivity contribution is 7.92. The Morgan fingerprint density at radius 3 is 3.00 bits per heavy atom. The maximum absolute atomic E-state index is 11.4. The standard InChI is InChI=1S/C16H19N3O2S/c1-22(20,21)18-15-6-5-14-7-9-19(16(14)10-15)12-13-4-2-3-8-17-11-13/h3,5-11,17-18H,2,4,12H2,1H3. The van der Waals surface area contributed by atoms with Gasteiger partial charge in [-0.3, -0.25) is 4.72 Å². The Kier molecular flexibility index (Phi) is 3.94. The summed E-state index contributed by atoms with van der Waals surface area (Å²) in [5.41, 5.74) is 2.92. The van der Waals surface area contributed by atoms with Gasteiger partial charge in [-0.2, -0.15) is 0 Å². The summed E-state index contributed by atoms with van der Waals surface area (Å²) in [6.45, 7) is 0.792. The van der Waals surface area contributed by atoms with Gasteiger partial charge in [-0.05, 0) is 48.2 Å². The first-order chi connectivity index (χ1) is 10.5. The predicted octanol–water partition coefficient (Wildman–Crippen LogP) is 2.79. The summed E-state index contributed by atoms with van der Waals surface area (Å²) in [5.74, 6) is 0. The van der Waals surface area contributed by atoms with E-state index in [4.69, 9.17) is 0 Å². The SMILES string of the molecule is CS(=O)(=O)Nc1ccc2ccn(CC3=CNC=CCC3)c2c1. The summed E-state index contributed by atoms with van der Waals surface area (Å²) in [5, 5.41) is 4.25. The average molecular weight is 317 g/mol. The van der Waals surface area contributed by atoms with Crippen LogP contribution in [0.25, 0.3) is 10.9 Å². The number of allylic oxidation sites excluding steroid dienone is 2. The van der Waals surface area contributed by atoms with E-state index in [2.05, 4.69) is 20.7 Å². The minimum Gasteiger partial charge on any atom is -0.368 e. The van der Waals surface area contributed by atoms with E-state index < -0.39 is 10.0 Å². The maximum atomic E-state index is 11.4. The van der Waals surface area contributed by atoms with Crippen LogP contribution in [-0.2, 0) is 16.6 Å². The smallest absolute Gasteiger partial charge is 0.229 e. The molecule has 0 bridgehead atoms. The Balaban J connectivity index is 1.89. The van der Waals surface area contributed by atoms with Crippen LogP contribution in [0.15, 0.2) is 54.5 Å². The lowest BCUT2D eigenvalue weighted by molar-refractivity contribution is 0.607. The number of rotatable bonds is 4. The molecule has 0 unspecified atom stereocenters. The van der Waals surface area contributed by atoms with E-state index in [0.29, 0.717) is 5.69 Å². The van der Waals surface area contributed by atoms with E-state index in [0.717, 1.165) is 36.5 Å². The highest BCUT2D eigenvalue weighted by Gasteiger charge is 2.07. The summed E-state index contributed by atoms with van der Waals surface area (Å²) in [6, 6.07) is 7.63. The summed E-state index contributed by atoms with van der Waals surface area (Å²) in [7, 11) is -3.26. The zero-order chi connectivity index (χ0) is 15.6. The first kappa shape index (κ1) is 14.7. The van der Waals surface area contributed by atoms with Crippen LogP contribution in [0.4, 0.5) is 5.69 Å². The van der Waals surface area contributed by atoms with Gasteiger partial charge in [-0.15, -0.1) is 0 Å². The normalized spacial score (nSPS) is 15.2. The van der Waals surface area contributed by atoms with Crippen LogP contribution in [0.1, 0.15) is 12.8 Å². The zero-order valence-corrected chi connectivity index (χ0v) is 13.2. The van der Waals surface area contributed by atoms with Gasteiger partial charge in [0.05, 0.1) is 17.5 Å². The fourth-order valence-corrected chi connectivity index (χ4v) is 3.16. The van der Waals surface area contributed by atoms with Crippen LogP contribution in [0.5, 0.6) is 0 Å². The predicted molar refractivity (Wildman–Crippen MR) is 90.0 cm³/mol. The summed E-state index contributed by atoms with van der Waals surface area (Å²) >= 11 is 0. The van der Waals surface area contributed by atoms with E-state index in [-0.39, 0.29) is 0 Å². The highest BCUT2D eigenvalue weighted by atomic mass is 32.2. The molecule has 0 atom stereocenters. The van der Waals surface area contributed by atoms with Crippen molar-refractivity contribution in [1.82, 2.24) is 9.88 Å². The van der Waals surface area contributed by atoms with Crippen molar-refractivity contribution < 1.29 is 8.42 Å². The van der Waals surface area contributed by atoms with E-state index in [9.17, 15) is 8.42 Å². The molecule has 5 nitrogen and oxygen atoms in total. The third kappa shape index (κ3) is 3.51. The minimum absolute atomic E-state index is 0.588. The monoisotopic (exact) mass is 317 g/mol. The van der Waals surface area contributed by atoms with Crippen LogP contribution in [0, 0.1) is 0 Å². The van der Waals surface area contributed by atoms with Gasteiger partial charge in [0.15, 0.2) is 0 Å². The fourth-order valence-electron chi connectivity index (χ4n) is 2.60. The molecule has 1 aromatic heterocycles. The molecule has 0 saturated heterocycles. The molecule has 1 aliphatic rings. The molecular formula is C16H19N3O2S. The second-order valence-corrected chi connectivity index (χ2v) is 7.25. The largest absolute Gasteiger partial charge is 0.368 e. The van der Waals surface area contributed by atoms with Crippen molar-refractivity contribution in [2.45, 2.75) is 19.4 Å². The molecule has 1 aliphatic heterocycles. The summed E-state index contributed by atoms with van der Waals surface area (Å²) < 4.78 is 27.4. The molecule has 22 heavy (non-hydrogen) atoms. The van der Waals surface area contributed by atoms with Gasteiger partial charge in [0.2, 0.25) is 10.0 Å². The minimum atomic E-state index is -3.26. The Labute approximate surface area is 130 Å². The number of anilines is 1. The molecule has 0 radical (unpaired) electrons. The molecule has 116 valence electrons. The molecule has 2 heterocycles. The van der Waals surface area contributed by atoms with Gasteiger partial charge < -0.3 is 9.88 Å². The van der Waals surface area contributed by atoms with Crippen LogP contribution < -0.4 is 10.0 Å². The van der Waals surface area contributed by atoms with Gasteiger partial charge in [0.25, 0.3) is 0 Å². The Bertz CT molecular complexity index is 847. The number of benzene rings is 1. The van der Waals surface area contributed by atoms with Crippen LogP contribution >= 0.6 is 0 Å². The van der Waals surface area contributed by atoms with Crippen LogP contribution in [0.3, 0.4) is 0 Å². The lowest BCUT2D eigenvalue weighted by Gasteiger charge is -2.10. The first-order valence-corrected chi connectivity index (χ1v) is 9.06. The van der Waals surface area contributed by atoms with E-state index in [1.807, 2.05) is 36.8 Å². The Morgan fingerprint density at radius 1 is 1.32 bits per heavy atom. The molecule has 0 fully saturated rings. The topological polar surface area (TPSA) is 63.1 Å². The van der Waals surface area contributed by atoms with Crippen molar-refractivity contribution in [3.05, 3.63) is 54.5 Å². The molecule has 0 amide bonds. The number of hydrogen-bond donors (Lipinski definition) is 2. The number of aromatic nitrogens is 1. The average Bonchev–Trinajstić information content (AvgIpc) is 2.67. The Morgan fingerprint density at radius 2 is 2.18 bits per heavy atom. The van der Waals surface area contributed by atoms with E-state index in [1.54, 1.807) is 6.07 Å². The molecule has 0 saturated carbocycles. The number of nitrogens with one attached hydrogen (secondary N) is 2. The molecule has 0 spiro atoms. The summed E-state index contributed by atoms with van der Waals surface area (Å²) in [4.78, 5) is 0. The second kappa shape index (κ2) is 5.88. The number of nitrogens with zero attached hydrogens (tertiary/aromatic N) is 1. The van der Waals surface area contributed by atoms with Crippen molar-refractivity contribution in [3.8, 4) is 0 Å². The molecule has 3 rings (SSSR count). The van der Waals surface area contributed by atoms with Crippen LogP contribution in [-0.4, -0.2) is 19.2 Å². The fraction of sp³-hybridized carbons (Fsp3) is 0.250. The van der Waals surface area contributed by atoms with Gasteiger partial charge in [-0.1, -0.05) is 12.1 Å². The van der Waals surface area contributed by atoms with Gasteiger partial charge >= 0.3 is 0 Å². The lowest BCUT2D eigenvalue weighted by Crippen LogP contribution is -2.09. The molecule has 1 aromatic carbocycles. The molecule has 0 aliphatic carbocycles. The summed E-state index contributed by atoms with van der Waals surface area (Å²) in [6.07, 6.45) is 11.3. The van der Waals surface area contributed by atoms with Gasteiger partial charge in [0.1, 0.15) is 0 Å². The second-order valence-electron chi connectivity index (χ2n) is 5.50. The van der Waals surface area contributed by atoms with Crippen molar-refractivity contribution in [2.24, 2.45) is 0 Å². The number of hydrogen-bond acceptors (Lipinski definition) is 3. The molecule has 6 heteroatoms. The third-order valence-corrected chi connectivity index (χ3v) is 4.19. The van der Waals surface area contributed by atoms with Gasteiger partial charge in [0, 0.05) is 18.9 Å². The lowest BCUT2D eigenvalue weighted by atomic mass is 10.1. The van der Waals surface area contributed by atoms with E-state index in [1.165, 1.54) is 5.57 Å². The maximum Gasteiger partial charge on any atom is 0.229 e. The van der Waals surface area contributed by atoms with Crippen molar-refractivity contribution in [3.63, 3.8) is 0 Å². The number of sulfonamides is 1. The molecular weight excluding hydrogens is 298 g/mol. The van der Waals surface area contributed by atoms with Crippen molar-refractivity contribution in [2.75, 3.05) is 11.0 Å². The third-order valence-electron chi connectivity index (χ3n) is 3.58. The van der Waals surface area contributed by atoms with Crippen molar-refractivity contribution in [1.29, 1.82) is 0 Å². The quantitative estimate of drug-likeness (QED) is 0.911. The molecule has 2 N–H and O–H groups in total. The molecule has 2 aromatic rings. The highest BCUT2D eigenvalue weighted by Crippen LogP contribution is 2.23. The Hall–Kier alpha value is -2.21. The first-order valence-electron chi connectivity index (χ1n) is 7.17. The van der Waals surface area contributed by atoms with Gasteiger partial charge in [-0.25, -0.2) is 8.42 Å². The van der Waals surface area contributed by atoms with E-state index >= 15 is 0 Å².